The molecule has 1 aromatic carbocycles. The van der Waals surface area contributed by atoms with Crippen molar-refractivity contribution >= 4 is 17.5 Å². The third-order valence-corrected chi connectivity index (χ3v) is 5.06. The van der Waals surface area contributed by atoms with E-state index >= 15 is 0 Å². The van der Waals surface area contributed by atoms with Crippen molar-refractivity contribution in [3.8, 4) is 5.75 Å². The molecule has 0 aliphatic carbocycles. The summed E-state index contributed by atoms with van der Waals surface area (Å²) >= 11 is 5.61. The number of piperazine rings is 1. The lowest BCUT2D eigenvalue weighted by atomic mass is 10.2. The van der Waals surface area contributed by atoms with Gasteiger partial charge in [-0.3, -0.25) is 20.1 Å². The second kappa shape index (κ2) is 10.4. The molecule has 0 radical (unpaired) electrons. The number of nitrogens with one attached hydrogen (secondary N) is 1. The quantitative estimate of drug-likeness (QED) is 0.598. The Morgan fingerprint density at radius 1 is 1.22 bits per heavy atom. The zero-order valence-electron chi connectivity index (χ0n) is 16.8. The van der Waals surface area contributed by atoms with Crippen molar-refractivity contribution in [3.63, 3.8) is 0 Å². The molecule has 0 spiro atoms. The molecule has 7 nitrogen and oxygen atoms in total. The van der Waals surface area contributed by atoms with E-state index in [4.69, 9.17) is 16.3 Å². The number of halogens is 5. The van der Waals surface area contributed by atoms with Crippen LogP contribution in [0.2, 0.25) is 5.02 Å². The number of benzene rings is 1. The molecule has 0 unspecified atom stereocenters. The van der Waals surface area contributed by atoms with E-state index in [9.17, 15) is 27.5 Å². The molecule has 2 heterocycles. The summed E-state index contributed by atoms with van der Waals surface area (Å²) in [6.45, 7) is 2.25. The molecule has 2 aromatic rings. The predicted molar refractivity (Wildman–Crippen MR) is 108 cm³/mol. The molecular weight excluding hydrogens is 456 g/mol. The number of nitrogens with zero attached hydrogens (tertiary/aromatic N) is 3. The van der Waals surface area contributed by atoms with Gasteiger partial charge in [0, 0.05) is 45.0 Å². The van der Waals surface area contributed by atoms with Gasteiger partial charge in [0.25, 0.3) is 5.91 Å². The van der Waals surface area contributed by atoms with Crippen LogP contribution in [0.3, 0.4) is 0 Å². The SMILES string of the molecule is O=C(NN1CCN(C[C@@H](O)COc2ccc(Cl)c(F)c2)CC1)c1ccc(C(F)(F)F)cn1. The molecule has 0 saturated carbocycles. The van der Waals surface area contributed by atoms with Crippen LogP contribution in [0.5, 0.6) is 5.75 Å². The number of rotatable bonds is 7. The molecule has 1 saturated heterocycles. The summed E-state index contributed by atoms with van der Waals surface area (Å²) in [5.74, 6) is -0.950. The summed E-state index contributed by atoms with van der Waals surface area (Å²) in [4.78, 5) is 17.7. The van der Waals surface area contributed by atoms with Crippen molar-refractivity contribution < 1.29 is 32.2 Å². The van der Waals surface area contributed by atoms with Crippen LogP contribution in [0.4, 0.5) is 17.6 Å². The number of ether oxygens (including phenoxy) is 1. The number of aromatic nitrogens is 1. The van der Waals surface area contributed by atoms with Gasteiger partial charge in [0.1, 0.15) is 30.0 Å². The lowest BCUT2D eigenvalue weighted by Crippen LogP contribution is -2.55. The number of carbonyl (C=O) groups excluding carboxylic acids is 1. The largest absolute Gasteiger partial charge is 0.491 e. The zero-order valence-corrected chi connectivity index (χ0v) is 17.5. The summed E-state index contributed by atoms with van der Waals surface area (Å²) in [7, 11) is 0. The average Bonchev–Trinajstić information content (AvgIpc) is 2.75. The van der Waals surface area contributed by atoms with Crippen LogP contribution in [0.15, 0.2) is 36.5 Å². The van der Waals surface area contributed by atoms with Gasteiger partial charge >= 0.3 is 6.18 Å². The van der Waals surface area contributed by atoms with Crippen LogP contribution in [0.1, 0.15) is 16.1 Å². The lowest BCUT2D eigenvalue weighted by Gasteiger charge is -2.35. The van der Waals surface area contributed by atoms with Gasteiger partial charge in [0.2, 0.25) is 0 Å². The van der Waals surface area contributed by atoms with Crippen LogP contribution in [0, 0.1) is 5.82 Å². The van der Waals surface area contributed by atoms with Crippen molar-refractivity contribution in [1.29, 1.82) is 0 Å². The smallest absolute Gasteiger partial charge is 0.417 e. The standard InChI is InChI=1S/C20H21ClF4N4O3/c21-16-3-2-15(9-17(16)22)32-12-14(30)11-28-5-7-29(8-6-28)27-19(31)18-4-1-13(10-26-18)20(23,24)25/h1-4,9-10,14,30H,5-8,11-12H2,(H,27,31)/t14-/m1/s1. The van der Waals surface area contributed by atoms with Crippen molar-refractivity contribution in [2.24, 2.45) is 0 Å². The Kier molecular flexibility index (Phi) is 7.88. The Morgan fingerprint density at radius 2 is 1.94 bits per heavy atom. The van der Waals surface area contributed by atoms with Crippen molar-refractivity contribution in [3.05, 3.63) is 58.6 Å². The molecular formula is C20H21ClF4N4O3. The van der Waals surface area contributed by atoms with Gasteiger partial charge in [0.05, 0.1) is 10.6 Å². The normalized spacial score (nSPS) is 16.6. The molecule has 174 valence electrons. The number of β-amino-alcohol motifs (C(OH)–C–C–N with tert-alkyl or cyclic N) is 1. The third-order valence-electron chi connectivity index (χ3n) is 4.76. The first-order chi connectivity index (χ1) is 15.1. The number of hydrazine groups is 1. The predicted octanol–water partition coefficient (Wildman–Crippen LogP) is 2.60. The number of amides is 1. The minimum absolute atomic E-state index is 0.0167. The molecule has 1 atom stereocenters. The topological polar surface area (TPSA) is 77.9 Å². The third kappa shape index (κ3) is 6.76. The monoisotopic (exact) mass is 476 g/mol. The minimum Gasteiger partial charge on any atom is -0.491 e. The molecule has 1 aliphatic rings. The number of carbonyl (C=O) groups is 1. The maximum Gasteiger partial charge on any atom is 0.417 e. The number of aliphatic hydroxyl groups excluding tert-OH is 1. The summed E-state index contributed by atoms with van der Waals surface area (Å²) < 4.78 is 56.5. The first-order valence-electron chi connectivity index (χ1n) is 9.69. The Labute approximate surface area is 186 Å². The lowest BCUT2D eigenvalue weighted by molar-refractivity contribution is -0.137. The molecule has 32 heavy (non-hydrogen) atoms. The van der Waals surface area contributed by atoms with Gasteiger partial charge in [-0.2, -0.15) is 13.2 Å². The second-order valence-electron chi connectivity index (χ2n) is 7.20. The van der Waals surface area contributed by atoms with Gasteiger partial charge in [-0.25, -0.2) is 9.40 Å². The van der Waals surface area contributed by atoms with Crippen molar-refractivity contribution in [1.82, 2.24) is 20.3 Å². The second-order valence-corrected chi connectivity index (χ2v) is 7.61. The van der Waals surface area contributed by atoms with Gasteiger partial charge in [-0.1, -0.05) is 11.6 Å². The van der Waals surface area contributed by atoms with E-state index in [1.54, 1.807) is 5.01 Å². The van der Waals surface area contributed by atoms with E-state index in [0.29, 0.717) is 38.9 Å². The number of aliphatic hydroxyl groups is 1. The Hall–Kier alpha value is -2.47. The van der Waals surface area contributed by atoms with E-state index in [-0.39, 0.29) is 23.1 Å². The van der Waals surface area contributed by atoms with E-state index in [1.807, 2.05) is 4.90 Å². The first kappa shape index (κ1) is 24.2. The maximum atomic E-state index is 13.4. The van der Waals surface area contributed by atoms with Crippen LogP contribution < -0.4 is 10.2 Å². The molecule has 1 fully saturated rings. The number of hydrogen-bond acceptors (Lipinski definition) is 6. The highest BCUT2D eigenvalue weighted by atomic mass is 35.5. The van der Waals surface area contributed by atoms with E-state index in [1.165, 1.54) is 12.1 Å². The number of pyridine rings is 1. The van der Waals surface area contributed by atoms with Gasteiger partial charge in [0.15, 0.2) is 0 Å². The van der Waals surface area contributed by atoms with Gasteiger partial charge in [-0.15, -0.1) is 0 Å². The molecule has 1 aromatic heterocycles. The number of hydrogen-bond donors (Lipinski definition) is 2. The zero-order chi connectivity index (χ0) is 23.3. The Balaban J connectivity index is 1.39. The van der Waals surface area contributed by atoms with E-state index in [0.717, 1.165) is 18.2 Å². The molecule has 1 amide bonds. The van der Waals surface area contributed by atoms with Crippen molar-refractivity contribution in [2.45, 2.75) is 12.3 Å². The van der Waals surface area contributed by atoms with Crippen LogP contribution in [-0.4, -0.2) is 71.3 Å². The Morgan fingerprint density at radius 3 is 2.53 bits per heavy atom. The summed E-state index contributed by atoms with van der Waals surface area (Å²) in [6, 6.07) is 5.85. The molecule has 12 heteroatoms. The Bertz CT molecular complexity index is 922. The van der Waals surface area contributed by atoms with E-state index in [2.05, 4.69) is 10.4 Å². The molecule has 3 rings (SSSR count). The summed E-state index contributed by atoms with van der Waals surface area (Å²) in [6.07, 6.45) is -4.71. The van der Waals surface area contributed by atoms with Crippen LogP contribution in [0.25, 0.3) is 0 Å². The van der Waals surface area contributed by atoms with Crippen molar-refractivity contribution in [2.75, 3.05) is 39.3 Å². The summed E-state index contributed by atoms with van der Waals surface area (Å²) in [5.41, 5.74) is 1.57. The number of alkyl halides is 3. The highest BCUT2D eigenvalue weighted by molar-refractivity contribution is 6.30. The van der Waals surface area contributed by atoms with Gasteiger partial charge < -0.3 is 9.84 Å². The minimum atomic E-state index is -4.51. The highest BCUT2D eigenvalue weighted by Crippen LogP contribution is 2.28. The molecule has 2 N–H and O–H groups in total. The van der Waals surface area contributed by atoms with Crippen LogP contribution >= 0.6 is 11.6 Å². The fourth-order valence-corrected chi connectivity index (χ4v) is 3.17. The fraction of sp³-hybridized carbons (Fsp3) is 0.400. The summed E-state index contributed by atoms with van der Waals surface area (Å²) in [5, 5.41) is 11.8. The fourth-order valence-electron chi connectivity index (χ4n) is 3.05. The van der Waals surface area contributed by atoms with Crippen LogP contribution in [-0.2, 0) is 6.18 Å². The molecule has 0 bridgehead atoms. The highest BCUT2D eigenvalue weighted by Gasteiger charge is 2.31. The average molecular weight is 477 g/mol. The van der Waals surface area contributed by atoms with E-state index < -0.39 is 29.6 Å². The molecule has 1 aliphatic heterocycles. The van der Waals surface area contributed by atoms with Gasteiger partial charge in [-0.05, 0) is 24.3 Å². The first-order valence-corrected chi connectivity index (χ1v) is 10.1. The maximum absolute atomic E-state index is 13.4.